The fourth-order valence-corrected chi connectivity index (χ4v) is 5.09. The highest BCUT2D eigenvalue weighted by Crippen LogP contribution is 2.37. The Morgan fingerprint density at radius 3 is 2.48 bits per heavy atom. The smallest absolute Gasteiger partial charge is 0.219 e. The van der Waals surface area contributed by atoms with Gasteiger partial charge >= 0.3 is 0 Å². The van der Waals surface area contributed by atoms with Crippen LogP contribution < -0.4 is 9.47 Å². The molecule has 1 amide bonds. The van der Waals surface area contributed by atoms with Gasteiger partial charge in [0.2, 0.25) is 5.91 Å². The lowest BCUT2D eigenvalue weighted by molar-refractivity contribution is -0.130. The number of hydrogen-bond acceptors (Lipinski definition) is 5. The molecule has 4 rings (SSSR count). The van der Waals surface area contributed by atoms with Gasteiger partial charge in [-0.3, -0.25) is 9.80 Å². The average Bonchev–Trinajstić information content (AvgIpc) is 2.80. The van der Waals surface area contributed by atoms with Crippen LogP contribution in [0.1, 0.15) is 52.0 Å². The average molecular weight is 426 g/mol. The van der Waals surface area contributed by atoms with Crippen molar-refractivity contribution in [1.82, 2.24) is 9.91 Å². The zero-order valence-corrected chi connectivity index (χ0v) is 19.0. The molecule has 3 aliphatic rings. The first-order valence-electron chi connectivity index (χ1n) is 11.8. The number of hydrogen-bond donors (Lipinski definition) is 0. The topological polar surface area (TPSA) is 54.4 Å². The van der Waals surface area contributed by atoms with E-state index in [9.17, 15) is 4.79 Å². The van der Waals surface area contributed by atoms with Gasteiger partial charge in [-0.05, 0) is 63.6 Å². The Kier molecular flexibility index (Phi) is 6.83. The van der Waals surface area contributed by atoms with Crippen LogP contribution in [0.15, 0.2) is 35.5 Å². The SMILES string of the molecule is CCOc1ccc(C2=NN(C3CCN(C(C)=O)CC3)C[C@@H]3CC=CC[C@H]23)cc1OCC. The van der Waals surface area contributed by atoms with Crippen LogP contribution >= 0.6 is 0 Å². The summed E-state index contributed by atoms with van der Waals surface area (Å²) in [6.07, 6.45) is 8.73. The molecule has 0 unspecified atom stereocenters. The van der Waals surface area contributed by atoms with Crippen molar-refractivity contribution in [2.75, 3.05) is 32.8 Å². The second kappa shape index (κ2) is 9.75. The number of likely N-dealkylation sites (tertiary alicyclic amines) is 1. The highest BCUT2D eigenvalue weighted by molar-refractivity contribution is 6.03. The van der Waals surface area contributed by atoms with Crippen molar-refractivity contribution in [3.05, 3.63) is 35.9 Å². The quantitative estimate of drug-likeness (QED) is 0.644. The summed E-state index contributed by atoms with van der Waals surface area (Å²) in [7, 11) is 0. The predicted octanol–water partition coefficient (Wildman–Crippen LogP) is 4.10. The van der Waals surface area contributed by atoms with Crippen LogP contribution in [0.2, 0.25) is 0 Å². The second-order valence-electron chi connectivity index (χ2n) is 8.68. The Bertz CT molecular complexity index is 842. The molecule has 31 heavy (non-hydrogen) atoms. The summed E-state index contributed by atoms with van der Waals surface area (Å²) in [5, 5.41) is 7.55. The minimum Gasteiger partial charge on any atom is -0.490 e. The van der Waals surface area contributed by atoms with E-state index in [1.54, 1.807) is 6.92 Å². The lowest BCUT2D eigenvalue weighted by Gasteiger charge is -2.44. The Morgan fingerprint density at radius 1 is 1.06 bits per heavy atom. The monoisotopic (exact) mass is 425 g/mol. The van der Waals surface area contributed by atoms with Crippen molar-refractivity contribution in [3.63, 3.8) is 0 Å². The maximum atomic E-state index is 11.7. The molecule has 0 radical (unpaired) electrons. The summed E-state index contributed by atoms with van der Waals surface area (Å²) in [5.74, 6) is 2.77. The maximum absolute atomic E-state index is 11.7. The number of ether oxygens (including phenoxy) is 2. The van der Waals surface area contributed by atoms with Crippen LogP contribution in [-0.4, -0.2) is 60.4 Å². The highest BCUT2D eigenvalue weighted by atomic mass is 16.5. The van der Waals surface area contributed by atoms with Crippen molar-refractivity contribution >= 4 is 11.6 Å². The van der Waals surface area contributed by atoms with E-state index < -0.39 is 0 Å². The zero-order valence-electron chi connectivity index (χ0n) is 19.0. The summed E-state index contributed by atoms with van der Waals surface area (Å²) >= 11 is 0. The molecule has 1 aliphatic carbocycles. The Hall–Kier alpha value is -2.50. The van der Waals surface area contributed by atoms with Gasteiger partial charge in [0.15, 0.2) is 11.5 Å². The molecule has 6 nitrogen and oxygen atoms in total. The Balaban J connectivity index is 1.62. The van der Waals surface area contributed by atoms with E-state index in [1.807, 2.05) is 24.8 Å². The first-order chi connectivity index (χ1) is 15.1. The molecule has 6 heteroatoms. The van der Waals surface area contributed by atoms with Gasteiger partial charge in [0, 0.05) is 38.0 Å². The number of piperidine rings is 1. The molecule has 168 valence electrons. The summed E-state index contributed by atoms with van der Waals surface area (Å²) in [6, 6.07) is 6.64. The minimum absolute atomic E-state index is 0.177. The number of carbonyl (C=O) groups is 1. The molecular formula is C25H35N3O3. The van der Waals surface area contributed by atoms with Gasteiger partial charge in [-0.1, -0.05) is 12.2 Å². The number of fused-ring (bicyclic) bond motifs is 1. The second-order valence-corrected chi connectivity index (χ2v) is 8.68. The van der Waals surface area contributed by atoms with Crippen molar-refractivity contribution in [2.24, 2.45) is 16.9 Å². The third-order valence-corrected chi connectivity index (χ3v) is 6.74. The molecule has 2 atom stereocenters. The molecule has 1 fully saturated rings. The Morgan fingerprint density at radius 2 is 1.77 bits per heavy atom. The third kappa shape index (κ3) is 4.73. The molecule has 0 saturated carbocycles. The molecule has 0 spiro atoms. The standard InChI is InChI=1S/C25H35N3O3/c1-4-30-23-11-10-19(16-24(23)31-5-2)25-22-9-7-6-8-20(22)17-28(26-25)21-12-14-27(15-13-21)18(3)29/h6-7,10-11,16,20-22H,4-5,8-9,12-15,17H2,1-3H3/t20-,22-/m0/s1. The van der Waals surface area contributed by atoms with Crippen LogP contribution in [0.25, 0.3) is 0 Å². The molecule has 1 aromatic rings. The van der Waals surface area contributed by atoms with Gasteiger partial charge in [-0.15, -0.1) is 0 Å². The molecular weight excluding hydrogens is 390 g/mol. The molecule has 0 bridgehead atoms. The lowest BCUT2D eigenvalue weighted by atomic mass is 9.76. The normalized spacial score (nSPS) is 23.9. The van der Waals surface area contributed by atoms with E-state index in [0.717, 1.165) is 62.4 Å². The van der Waals surface area contributed by atoms with Gasteiger partial charge in [0.05, 0.1) is 25.0 Å². The van der Waals surface area contributed by atoms with Gasteiger partial charge in [-0.2, -0.15) is 5.10 Å². The number of allylic oxidation sites excluding steroid dienone is 2. The summed E-state index contributed by atoms with van der Waals surface area (Å²) in [6.45, 7) is 9.52. The van der Waals surface area contributed by atoms with Crippen LogP contribution in [-0.2, 0) is 4.79 Å². The molecule has 1 saturated heterocycles. The minimum atomic E-state index is 0.177. The van der Waals surface area contributed by atoms with E-state index in [4.69, 9.17) is 14.6 Å². The lowest BCUT2D eigenvalue weighted by Crippen LogP contribution is -2.49. The van der Waals surface area contributed by atoms with Crippen LogP contribution in [0.3, 0.4) is 0 Å². The van der Waals surface area contributed by atoms with E-state index in [1.165, 1.54) is 5.71 Å². The molecule has 0 N–H and O–H groups in total. The van der Waals surface area contributed by atoms with Crippen molar-refractivity contribution in [1.29, 1.82) is 0 Å². The third-order valence-electron chi connectivity index (χ3n) is 6.74. The number of nitrogens with zero attached hydrogens (tertiary/aromatic N) is 3. The van der Waals surface area contributed by atoms with Gasteiger partial charge in [0.25, 0.3) is 0 Å². The van der Waals surface area contributed by atoms with E-state index in [-0.39, 0.29) is 5.91 Å². The Labute approximate surface area is 185 Å². The summed E-state index contributed by atoms with van der Waals surface area (Å²) in [4.78, 5) is 13.7. The van der Waals surface area contributed by atoms with Gasteiger partial charge in [-0.25, -0.2) is 0 Å². The molecule has 2 heterocycles. The van der Waals surface area contributed by atoms with Crippen LogP contribution in [0.5, 0.6) is 11.5 Å². The summed E-state index contributed by atoms with van der Waals surface area (Å²) < 4.78 is 11.7. The molecule has 2 aliphatic heterocycles. The maximum Gasteiger partial charge on any atom is 0.219 e. The number of amides is 1. The van der Waals surface area contributed by atoms with E-state index in [2.05, 4.69) is 29.3 Å². The van der Waals surface area contributed by atoms with Gasteiger partial charge < -0.3 is 14.4 Å². The molecule has 1 aromatic carbocycles. The zero-order chi connectivity index (χ0) is 21.8. The van der Waals surface area contributed by atoms with Crippen molar-refractivity contribution in [2.45, 2.75) is 52.5 Å². The largest absolute Gasteiger partial charge is 0.490 e. The van der Waals surface area contributed by atoms with Crippen LogP contribution in [0.4, 0.5) is 0 Å². The van der Waals surface area contributed by atoms with E-state index in [0.29, 0.717) is 31.1 Å². The number of hydrazone groups is 1. The molecule has 0 aromatic heterocycles. The highest BCUT2D eigenvalue weighted by Gasteiger charge is 2.37. The van der Waals surface area contributed by atoms with Crippen LogP contribution in [0, 0.1) is 11.8 Å². The predicted molar refractivity (Wildman–Crippen MR) is 123 cm³/mol. The van der Waals surface area contributed by atoms with E-state index >= 15 is 0 Å². The summed E-state index contributed by atoms with van der Waals surface area (Å²) in [5.41, 5.74) is 2.29. The number of rotatable bonds is 6. The van der Waals surface area contributed by atoms with Gasteiger partial charge in [0.1, 0.15) is 0 Å². The van der Waals surface area contributed by atoms with Crippen molar-refractivity contribution < 1.29 is 14.3 Å². The first-order valence-corrected chi connectivity index (χ1v) is 11.8. The fraction of sp³-hybridized carbons (Fsp3) is 0.600. The van der Waals surface area contributed by atoms with Crippen molar-refractivity contribution in [3.8, 4) is 11.5 Å². The number of carbonyl (C=O) groups excluding carboxylic acids is 1. The first kappa shape index (κ1) is 21.7. The number of benzene rings is 1. The fourth-order valence-electron chi connectivity index (χ4n) is 5.09.